The zero-order chi connectivity index (χ0) is 11.8. The van der Waals surface area contributed by atoms with Gasteiger partial charge >= 0.3 is 0 Å². The SMILES string of the molecule is CC.CCc1ccc(Nc2nccs2)cc1. The highest BCUT2D eigenvalue weighted by molar-refractivity contribution is 7.13. The number of aromatic nitrogens is 1. The molecule has 1 aromatic heterocycles. The summed E-state index contributed by atoms with van der Waals surface area (Å²) in [5, 5.41) is 6.14. The van der Waals surface area contributed by atoms with Crippen molar-refractivity contribution in [2.24, 2.45) is 0 Å². The monoisotopic (exact) mass is 234 g/mol. The molecule has 0 fully saturated rings. The number of benzene rings is 1. The molecule has 1 N–H and O–H groups in total. The summed E-state index contributed by atoms with van der Waals surface area (Å²) in [6, 6.07) is 8.44. The van der Waals surface area contributed by atoms with Gasteiger partial charge in [0, 0.05) is 17.3 Å². The van der Waals surface area contributed by atoms with Gasteiger partial charge in [-0.2, -0.15) is 0 Å². The van der Waals surface area contributed by atoms with E-state index >= 15 is 0 Å². The summed E-state index contributed by atoms with van der Waals surface area (Å²) in [5.74, 6) is 0. The minimum Gasteiger partial charge on any atom is -0.332 e. The molecule has 0 unspecified atom stereocenters. The molecule has 0 amide bonds. The topological polar surface area (TPSA) is 24.9 Å². The largest absolute Gasteiger partial charge is 0.332 e. The van der Waals surface area contributed by atoms with Crippen LogP contribution in [0, 0.1) is 0 Å². The van der Waals surface area contributed by atoms with Gasteiger partial charge < -0.3 is 5.32 Å². The van der Waals surface area contributed by atoms with Gasteiger partial charge in [0.05, 0.1) is 0 Å². The van der Waals surface area contributed by atoms with Crippen LogP contribution in [0.25, 0.3) is 0 Å². The third kappa shape index (κ3) is 3.66. The predicted octanol–water partition coefficient (Wildman–Crippen LogP) is 4.48. The molecule has 0 radical (unpaired) electrons. The maximum atomic E-state index is 4.16. The van der Waals surface area contributed by atoms with Crippen molar-refractivity contribution in [2.45, 2.75) is 27.2 Å². The number of aryl methyl sites for hydroxylation is 1. The standard InChI is InChI=1S/C11H12N2S.C2H6/c1-2-9-3-5-10(6-4-9)13-11-12-7-8-14-11;1-2/h3-8H,2H2,1H3,(H,12,13);1-2H3. The molecule has 0 saturated carbocycles. The minimum absolute atomic E-state index is 0.939. The van der Waals surface area contributed by atoms with E-state index in [1.165, 1.54) is 5.56 Å². The Kier molecular flexibility index (Phi) is 5.57. The van der Waals surface area contributed by atoms with Gasteiger partial charge in [-0.3, -0.25) is 0 Å². The lowest BCUT2D eigenvalue weighted by atomic mass is 10.1. The second-order valence-corrected chi connectivity index (χ2v) is 3.91. The van der Waals surface area contributed by atoms with Gasteiger partial charge in [-0.1, -0.05) is 32.9 Å². The first-order valence-corrected chi connectivity index (χ1v) is 6.52. The van der Waals surface area contributed by atoms with Gasteiger partial charge in [0.2, 0.25) is 0 Å². The Bertz CT molecular complexity index is 379. The molecule has 1 heterocycles. The molecular formula is C13H18N2S. The highest BCUT2D eigenvalue weighted by Gasteiger charge is 1.95. The van der Waals surface area contributed by atoms with Crippen molar-refractivity contribution in [3.05, 3.63) is 41.4 Å². The van der Waals surface area contributed by atoms with Crippen LogP contribution in [0.2, 0.25) is 0 Å². The quantitative estimate of drug-likeness (QED) is 0.847. The second-order valence-electron chi connectivity index (χ2n) is 3.01. The molecule has 0 spiro atoms. The molecule has 86 valence electrons. The molecule has 2 aromatic rings. The molecule has 2 nitrogen and oxygen atoms in total. The van der Waals surface area contributed by atoms with E-state index in [2.05, 4.69) is 41.5 Å². The maximum absolute atomic E-state index is 4.16. The Hall–Kier alpha value is -1.35. The van der Waals surface area contributed by atoms with Crippen molar-refractivity contribution in [3.8, 4) is 0 Å². The first-order chi connectivity index (χ1) is 7.88. The number of rotatable bonds is 3. The number of nitrogens with one attached hydrogen (secondary N) is 1. The number of hydrogen-bond acceptors (Lipinski definition) is 3. The molecule has 1 aromatic carbocycles. The lowest BCUT2D eigenvalue weighted by molar-refractivity contribution is 1.14. The van der Waals surface area contributed by atoms with Crippen LogP contribution < -0.4 is 5.32 Å². The van der Waals surface area contributed by atoms with Gasteiger partial charge in [0.25, 0.3) is 0 Å². The van der Waals surface area contributed by atoms with Crippen LogP contribution in [0.4, 0.5) is 10.8 Å². The lowest BCUT2D eigenvalue weighted by Gasteiger charge is -2.02. The fraction of sp³-hybridized carbons (Fsp3) is 0.308. The molecule has 0 saturated heterocycles. The minimum atomic E-state index is 0.939. The normalized spacial score (nSPS) is 9.19. The van der Waals surface area contributed by atoms with Crippen LogP contribution in [-0.4, -0.2) is 4.98 Å². The summed E-state index contributed by atoms with van der Waals surface area (Å²) in [7, 11) is 0. The summed E-state index contributed by atoms with van der Waals surface area (Å²) in [6.07, 6.45) is 2.88. The zero-order valence-corrected chi connectivity index (χ0v) is 10.8. The maximum Gasteiger partial charge on any atom is 0.187 e. The van der Waals surface area contributed by atoms with Crippen LogP contribution in [0.3, 0.4) is 0 Å². The van der Waals surface area contributed by atoms with E-state index in [0.717, 1.165) is 17.2 Å². The van der Waals surface area contributed by atoms with Crippen molar-refractivity contribution in [3.63, 3.8) is 0 Å². The molecule has 0 bridgehead atoms. The van der Waals surface area contributed by atoms with Crippen LogP contribution >= 0.6 is 11.3 Å². The summed E-state index contributed by atoms with van der Waals surface area (Å²) in [6.45, 7) is 6.16. The Balaban J connectivity index is 0.000000606. The van der Waals surface area contributed by atoms with Crippen LogP contribution in [-0.2, 0) is 6.42 Å². The number of anilines is 2. The number of hydrogen-bond donors (Lipinski definition) is 1. The fourth-order valence-electron chi connectivity index (χ4n) is 1.23. The van der Waals surface area contributed by atoms with Crippen molar-refractivity contribution in [2.75, 3.05) is 5.32 Å². The average molecular weight is 234 g/mol. The highest BCUT2D eigenvalue weighted by Crippen LogP contribution is 2.18. The third-order valence-electron chi connectivity index (χ3n) is 2.05. The molecular weight excluding hydrogens is 216 g/mol. The van der Waals surface area contributed by atoms with E-state index in [0.29, 0.717) is 0 Å². The Labute approximate surface area is 101 Å². The van der Waals surface area contributed by atoms with Gasteiger partial charge in [0.1, 0.15) is 0 Å². The highest BCUT2D eigenvalue weighted by atomic mass is 32.1. The number of nitrogens with zero attached hydrogens (tertiary/aromatic N) is 1. The molecule has 0 atom stereocenters. The summed E-state index contributed by atoms with van der Waals surface area (Å²) < 4.78 is 0. The van der Waals surface area contributed by atoms with E-state index in [-0.39, 0.29) is 0 Å². The van der Waals surface area contributed by atoms with Gasteiger partial charge in [0.15, 0.2) is 5.13 Å². The van der Waals surface area contributed by atoms with Gasteiger partial charge in [-0.15, -0.1) is 11.3 Å². The molecule has 0 aliphatic heterocycles. The van der Waals surface area contributed by atoms with Crippen LogP contribution in [0.1, 0.15) is 26.3 Å². The van der Waals surface area contributed by atoms with Gasteiger partial charge in [-0.05, 0) is 24.1 Å². The predicted molar refractivity (Wildman–Crippen MR) is 72.6 cm³/mol. The van der Waals surface area contributed by atoms with E-state index in [4.69, 9.17) is 0 Å². The van der Waals surface area contributed by atoms with Crippen molar-refractivity contribution in [1.82, 2.24) is 4.98 Å². The summed E-state index contributed by atoms with van der Waals surface area (Å²) in [4.78, 5) is 4.16. The van der Waals surface area contributed by atoms with Crippen LogP contribution in [0.15, 0.2) is 35.8 Å². The smallest absolute Gasteiger partial charge is 0.187 e. The van der Waals surface area contributed by atoms with Crippen molar-refractivity contribution < 1.29 is 0 Å². The van der Waals surface area contributed by atoms with Crippen LogP contribution in [0.5, 0.6) is 0 Å². The number of thiazole rings is 1. The second kappa shape index (κ2) is 7.01. The molecule has 3 heteroatoms. The lowest BCUT2D eigenvalue weighted by Crippen LogP contribution is -1.89. The van der Waals surface area contributed by atoms with Crippen molar-refractivity contribution in [1.29, 1.82) is 0 Å². The first kappa shape index (κ1) is 12.7. The first-order valence-electron chi connectivity index (χ1n) is 5.64. The fourth-order valence-corrected chi connectivity index (χ4v) is 1.78. The van der Waals surface area contributed by atoms with Gasteiger partial charge in [-0.25, -0.2) is 4.98 Å². The summed E-state index contributed by atoms with van der Waals surface area (Å²) in [5.41, 5.74) is 2.45. The van der Waals surface area contributed by atoms with E-state index in [9.17, 15) is 0 Å². The van der Waals surface area contributed by atoms with E-state index in [1.54, 1.807) is 17.5 Å². The molecule has 16 heavy (non-hydrogen) atoms. The van der Waals surface area contributed by atoms with E-state index in [1.807, 2.05) is 19.2 Å². The Morgan fingerprint density at radius 3 is 2.38 bits per heavy atom. The Morgan fingerprint density at radius 1 is 1.19 bits per heavy atom. The van der Waals surface area contributed by atoms with E-state index < -0.39 is 0 Å². The average Bonchev–Trinajstić information content (AvgIpc) is 2.86. The zero-order valence-electron chi connectivity index (χ0n) is 10.0. The molecule has 0 aliphatic rings. The summed E-state index contributed by atoms with van der Waals surface area (Å²) >= 11 is 1.61. The molecule has 0 aliphatic carbocycles. The molecule has 2 rings (SSSR count). The third-order valence-corrected chi connectivity index (χ3v) is 2.73. The van der Waals surface area contributed by atoms with Crippen molar-refractivity contribution >= 4 is 22.2 Å². The Morgan fingerprint density at radius 2 is 1.88 bits per heavy atom.